The predicted octanol–water partition coefficient (Wildman–Crippen LogP) is 0.398. The molecular weight excluding hydrogens is 138 g/mol. The van der Waals surface area contributed by atoms with Crippen LogP contribution in [0, 0.1) is 5.92 Å². The van der Waals surface area contributed by atoms with E-state index in [-0.39, 0.29) is 18.5 Å². The van der Waals surface area contributed by atoms with E-state index in [1.54, 1.807) is 0 Å². The van der Waals surface area contributed by atoms with Gasteiger partial charge in [-0.1, -0.05) is 6.92 Å². The van der Waals surface area contributed by atoms with Crippen LogP contribution in [0.2, 0.25) is 0 Å². The molecule has 1 saturated heterocycles. The summed E-state index contributed by atoms with van der Waals surface area (Å²) >= 11 is 0. The molecular formula is C6H14ClNO. The standard InChI is InChI=1S/C6H13NO.ClH/c1-5-2-6(8)4-7-3-5;/h5-8H,2-4H2,1H3;1H/t5?,6-;/m0./s1. The molecule has 1 unspecified atom stereocenters. The molecule has 0 bridgehead atoms. The molecule has 0 aromatic rings. The van der Waals surface area contributed by atoms with Gasteiger partial charge in [0.15, 0.2) is 0 Å². The zero-order valence-electron chi connectivity index (χ0n) is 5.63. The maximum absolute atomic E-state index is 9.02. The lowest BCUT2D eigenvalue weighted by molar-refractivity contribution is 0.119. The van der Waals surface area contributed by atoms with E-state index in [0.29, 0.717) is 5.92 Å². The lowest BCUT2D eigenvalue weighted by Crippen LogP contribution is -2.38. The third kappa shape index (κ3) is 3.04. The van der Waals surface area contributed by atoms with Crippen molar-refractivity contribution in [1.29, 1.82) is 0 Å². The highest BCUT2D eigenvalue weighted by Crippen LogP contribution is 2.07. The van der Waals surface area contributed by atoms with Gasteiger partial charge in [0.1, 0.15) is 0 Å². The molecule has 0 aromatic carbocycles. The fourth-order valence-corrected chi connectivity index (χ4v) is 1.13. The van der Waals surface area contributed by atoms with Crippen molar-refractivity contribution in [2.75, 3.05) is 13.1 Å². The quantitative estimate of drug-likeness (QED) is 0.526. The maximum Gasteiger partial charge on any atom is 0.0667 e. The van der Waals surface area contributed by atoms with E-state index in [1.165, 1.54) is 0 Å². The maximum atomic E-state index is 9.02. The molecule has 0 saturated carbocycles. The van der Waals surface area contributed by atoms with E-state index in [0.717, 1.165) is 19.5 Å². The minimum Gasteiger partial charge on any atom is -0.392 e. The summed E-state index contributed by atoms with van der Waals surface area (Å²) in [6.45, 7) is 4.00. The van der Waals surface area contributed by atoms with Crippen LogP contribution in [0.1, 0.15) is 13.3 Å². The van der Waals surface area contributed by atoms with E-state index < -0.39 is 0 Å². The summed E-state index contributed by atoms with van der Waals surface area (Å²) in [5.41, 5.74) is 0. The van der Waals surface area contributed by atoms with Gasteiger partial charge in [-0.05, 0) is 18.9 Å². The third-order valence-corrected chi connectivity index (χ3v) is 1.55. The third-order valence-electron chi connectivity index (χ3n) is 1.55. The van der Waals surface area contributed by atoms with Gasteiger partial charge in [0.05, 0.1) is 6.10 Å². The Morgan fingerprint density at radius 1 is 1.44 bits per heavy atom. The molecule has 0 spiro atoms. The lowest BCUT2D eigenvalue weighted by Gasteiger charge is -2.23. The first kappa shape index (κ1) is 9.21. The summed E-state index contributed by atoms with van der Waals surface area (Å²) in [7, 11) is 0. The van der Waals surface area contributed by atoms with Crippen LogP contribution in [0.25, 0.3) is 0 Å². The number of piperidine rings is 1. The van der Waals surface area contributed by atoms with Gasteiger partial charge < -0.3 is 10.4 Å². The van der Waals surface area contributed by atoms with E-state index >= 15 is 0 Å². The zero-order valence-corrected chi connectivity index (χ0v) is 6.45. The van der Waals surface area contributed by atoms with Crippen LogP contribution in [0.3, 0.4) is 0 Å². The lowest BCUT2D eigenvalue weighted by atomic mass is 10.0. The van der Waals surface area contributed by atoms with Crippen LogP contribution in [0.4, 0.5) is 0 Å². The normalized spacial score (nSPS) is 35.3. The Morgan fingerprint density at radius 3 is 2.44 bits per heavy atom. The highest BCUT2D eigenvalue weighted by molar-refractivity contribution is 5.85. The van der Waals surface area contributed by atoms with Crippen molar-refractivity contribution in [1.82, 2.24) is 5.32 Å². The highest BCUT2D eigenvalue weighted by atomic mass is 35.5. The topological polar surface area (TPSA) is 32.3 Å². The van der Waals surface area contributed by atoms with Crippen molar-refractivity contribution >= 4 is 12.4 Å². The molecule has 1 fully saturated rings. The second-order valence-corrected chi connectivity index (χ2v) is 2.65. The van der Waals surface area contributed by atoms with E-state index in [9.17, 15) is 0 Å². The van der Waals surface area contributed by atoms with Crippen molar-refractivity contribution in [2.24, 2.45) is 5.92 Å². The molecule has 9 heavy (non-hydrogen) atoms. The number of hydrogen-bond donors (Lipinski definition) is 2. The molecule has 1 heterocycles. The molecule has 0 aliphatic carbocycles. The Morgan fingerprint density at radius 2 is 2.11 bits per heavy atom. The smallest absolute Gasteiger partial charge is 0.0667 e. The molecule has 2 nitrogen and oxygen atoms in total. The first-order valence-corrected chi connectivity index (χ1v) is 3.18. The summed E-state index contributed by atoms with van der Waals surface area (Å²) in [5.74, 6) is 0.652. The fourth-order valence-electron chi connectivity index (χ4n) is 1.13. The Balaban J connectivity index is 0.000000640. The molecule has 2 N–H and O–H groups in total. The van der Waals surface area contributed by atoms with Gasteiger partial charge in [0, 0.05) is 6.54 Å². The monoisotopic (exact) mass is 151 g/mol. The van der Waals surface area contributed by atoms with E-state index in [2.05, 4.69) is 12.2 Å². The Hall–Kier alpha value is 0.210. The first-order valence-electron chi connectivity index (χ1n) is 3.18. The van der Waals surface area contributed by atoms with Crippen molar-refractivity contribution in [3.8, 4) is 0 Å². The van der Waals surface area contributed by atoms with Gasteiger partial charge >= 0.3 is 0 Å². The van der Waals surface area contributed by atoms with Crippen LogP contribution in [-0.4, -0.2) is 24.3 Å². The molecule has 2 atom stereocenters. The Kier molecular flexibility index (Phi) is 4.19. The second kappa shape index (κ2) is 4.09. The summed E-state index contributed by atoms with van der Waals surface area (Å²) in [5, 5.41) is 12.2. The summed E-state index contributed by atoms with van der Waals surface area (Å²) in [6, 6.07) is 0. The summed E-state index contributed by atoms with van der Waals surface area (Å²) in [6.07, 6.45) is 0.867. The fraction of sp³-hybridized carbons (Fsp3) is 1.00. The average molecular weight is 152 g/mol. The number of nitrogens with one attached hydrogen (secondary N) is 1. The van der Waals surface area contributed by atoms with Gasteiger partial charge in [0.2, 0.25) is 0 Å². The van der Waals surface area contributed by atoms with Crippen molar-refractivity contribution in [3.05, 3.63) is 0 Å². The predicted molar refractivity (Wildman–Crippen MR) is 39.9 cm³/mol. The number of halogens is 1. The van der Waals surface area contributed by atoms with Crippen LogP contribution < -0.4 is 5.32 Å². The largest absolute Gasteiger partial charge is 0.392 e. The second-order valence-electron chi connectivity index (χ2n) is 2.65. The van der Waals surface area contributed by atoms with Crippen LogP contribution in [-0.2, 0) is 0 Å². The van der Waals surface area contributed by atoms with Crippen LogP contribution >= 0.6 is 12.4 Å². The number of hydrogen-bond acceptors (Lipinski definition) is 2. The number of β-amino-alcohol motifs (C(OH)–C–C–N with tert-alkyl or cyclic N) is 1. The molecule has 1 aliphatic heterocycles. The summed E-state index contributed by atoms with van der Waals surface area (Å²) < 4.78 is 0. The zero-order chi connectivity index (χ0) is 5.98. The number of aliphatic hydroxyl groups is 1. The SMILES string of the molecule is CC1CNC[C@@H](O)C1.Cl. The minimum absolute atomic E-state index is 0. The van der Waals surface area contributed by atoms with Crippen LogP contribution in [0.15, 0.2) is 0 Å². The highest BCUT2D eigenvalue weighted by Gasteiger charge is 2.14. The molecule has 1 rings (SSSR count). The Labute approximate surface area is 62.1 Å². The molecule has 56 valence electrons. The van der Waals surface area contributed by atoms with Gasteiger partial charge in [-0.2, -0.15) is 0 Å². The van der Waals surface area contributed by atoms with E-state index in [4.69, 9.17) is 5.11 Å². The van der Waals surface area contributed by atoms with Crippen LogP contribution in [0.5, 0.6) is 0 Å². The number of rotatable bonds is 0. The van der Waals surface area contributed by atoms with Gasteiger partial charge in [-0.25, -0.2) is 0 Å². The molecule has 0 amide bonds. The molecule has 3 heteroatoms. The van der Waals surface area contributed by atoms with Crippen molar-refractivity contribution < 1.29 is 5.11 Å². The van der Waals surface area contributed by atoms with Gasteiger partial charge in [-0.3, -0.25) is 0 Å². The molecule has 1 aliphatic rings. The van der Waals surface area contributed by atoms with E-state index in [1.807, 2.05) is 0 Å². The van der Waals surface area contributed by atoms with Crippen molar-refractivity contribution in [3.63, 3.8) is 0 Å². The van der Waals surface area contributed by atoms with Crippen molar-refractivity contribution in [2.45, 2.75) is 19.4 Å². The van der Waals surface area contributed by atoms with Gasteiger partial charge in [-0.15, -0.1) is 12.4 Å². The number of aliphatic hydroxyl groups excluding tert-OH is 1. The van der Waals surface area contributed by atoms with Gasteiger partial charge in [0.25, 0.3) is 0 Å². The first-order chi connectivity index (χ1) is 3.79. The Bertz CT molecular complexity index is 71.5. The average Bonchev–Trinajstić information content (AvgIpc) is 1.64. The summed E-state index contributed by atoms with van der Waals surface area (Å²) in [4.78, 5) is 0. The molecule has 0 aromatic heterocycles. The minimum atomic E-state index is -0.0984. The molecule has 0 radical (unpaired) electrons.